The van der Waals surface area contributed by atoms with E-state index in [9.17, 15) is 4.79 Å². The standard InChI is InChI=1S/C25H32O5/c1-18(2)29-25-22(14-19(3)26)24(28-16-21-12-8-5-9-13-21)23(30-25)17-27-15-20-10-6-4-7-11-20/h4-13,18,22-25H,14-17H2,1-3H3/t22-,23+,24+,25-/m0/s1. The van der Waals surface area contributed by atoms with Gasteiger partial charge in [0, 0.05) is 12.3 Å². The van der Waals surface area contributed by atoms with Crippen LogP contribution in [-0.4, -0.2) is 37.0 Å². The molecule has 0 bridgehead atoms. The molecule has 0 aliphatic carbocycles. The van der Waals surface area contributed by atoms with Gasteiger partial charge in [-0.2, -0.15) is 0 Å². The average molecular weight is 413 g/mol. The highest BCUT2D eigenvalue weighted by molar-refractivity contribution is 5.75. The Hall–Kier alpha value is -2.05. The maximum Gasteiger partial charge on any atom is 0.164 e. The van der Waals surface area contributed by atoms with Gasteiger partial charge in [-0.3, -0.25) is 0 Å². The fourth-order valence-corrected chi connectivity index (χ4v) is 3.73. The lowest BCUT2D eigenvalue weighted by molar-refractivity contribution is -0.178. The molecule has 1 aliphatic rings. The molecular weight excluding hydrogens is 380 g/mol. The van der Waals surface area contributed by atoms with Crippen LogP contribution in [0.2, 0.25) is 0 Å². The number of carbonyl (C=O) groups is 1. The third-order valence-electron chi connectivity index (χ3n) is 5.06. The molecular formula is C25H32O5. The van der Waals surface area contributed by atoms with Crippen LogP contribution >= 0.6 is 0 Å². The van der Waals surface area contributed by atoms with Crippen molar-refractivity contribution < 1.29 is 23.7 Å². The molecule has 1 aliphatic heterocycles. The van der Waals surface area contributed by atoms with Crippen molar-refractivity contribution in [1.29, 1.82) is 0 Å². The first-order valence-electron chi connectivity index (χ1n) is 10.6. The van der Waals surface area contributed by atoms with Gasteiger partial charge < -0.3 is 23.7 Å². The van der Waals surface area contributed by atoms with E-state index in [-0.39, 0.29) is 30.0 Å². The summed E-state index contributed by atoms with van der Waals surface area (Å²) in [6, 6.07) is 20.0. The predicted molar refractivity (Wildman–Crippen MR) is 115 cm³/mol. The molecule has 1 fully saturated rings. The van der Waals surface area contributed by atoms with Crippen molar-refractivity contribution in [1.82, 2.24) is 0 Å². The highest BCUT2D eigenvalue weighted by Crippen LogP contribution is 2.34. The minimum absolute atomic E-state index is 0.0109. The number of carbonyl (C=O) groups excluding carboxylic acids is 1. The van der Waals surface area contributed by atoms with E-state index in [2.05, 4.69) is 0 Å². The van der Waals surface area contributed by atoms with E-state index in [4.69, 9.17) is 18.9 Å². The Morgan fingerprint density at radius 1 is 0.967 bits per heavy atom. The Morgan fingerprint density at radius 3 is 2.13 bits per heavy atom. The fourth-order valence-electron chi connectivity index (χ4n) is 3.73. The molecule has 0 spiro atoms. The van der Waals surface area contributed by atoms with Gasteiger partial charge in [0.2, 0.25) is 0 Å². The summed E-state index contributed by atoms with van der Waals surface area (Å²) in [5.74, 6) is -0.0703. The van der Waals surface area contributed by atoms with Crippen molar-refractivity contribution in [3.8, 4) is 0 Å². The largest absolute Gasteiger partial charge is 0.374 e. The van der Waals surface area contributed by atoms with E-state index in [1.807, 2.05) is 74.5 Å². The maximum atomic E-state index is 12.0. The van der Waals surface area contributed by atoms with Gasteiger partial charge in [0.1, 0.15) is 11.9 Å². The first-order valence-corrected chi connectivity index (χ1v) is 10.6. The first-order chi connectivity index (χ1) is 14.5. The smallest absolute Gasteiger partial charge is 0.164 e. The fraction of sp³-hybridized carbons (Fsp3) is 0.480. The SMILES string of the molecule is CC(=O)C[C@@H]1[C@@H](OC(C)C)O[C@H](COCc2ccccc2)[C@@H]1OCc1ccccc1. The van der Waals surface area contributed by atoms with Crippen LogP contribution in [-0.2, 0) is 37.0 Å². The third kappa shape index (κ3) is 6.74. The monoisotopic (exact) mass is 412 g/mol. The van der Waals surface area contributed by atoms with Crippen molar-refractivity contribution in [2.75, 3.05) is 6.61 Å². The van der Waals surface area contributed by atoms with Crippen LogP contribution in [0.4, 0.5) is 0 Å². The molecule has 1 heterocycles. The highest BCUT2D eigenvalue weighted by atomic mass is 16.7. The summed E-state index contributed by atoms with van der Waals surface area (Å²) in [5.41, 5.74) is 2.18. The topological polar surface area (TPSA) is 54.0 Å². The number of Topliss-reactive ketones (excluding diaryl/α,β-unsaturated/α-hetero) is 1. The second-order valence-electron chi connectivity index (χ2n) is 8.06. The summed E-state index contributed by atoms with van der Waals surface area (Å²) in [6.45, 7) is 6.85. The molecule has 2 aromatic carbocycles. The van der Waals surface area contributed by atoms with Gasteiger partial charge in [0.05, 0.1) is 32.0 Å². The van der Waals surface area contributed by atoms with Gasteiger partial charge in [-0.25, -0.2) is 0 Å². The van der Waals surface area contributed by atoms with Crippen LogP contribution in [0.25, 0.3) is 0 Å². The molecule has 5 heteroatoms. The Balaban J connectivity index is 1.69. The summed E-state index contributed by atoms with van der Waals surface area (Å²) in [5, 5.41) is 0. The first kappa shape index (κ1) is 22.6. The summed E-state index contributed by atoms with van der Waals surface area (Å²) in [7, 11) is 0. The van der Waals surface area contributed by atoms with Gasteiger partial charge in [-0.05, 0) is 31.9 Å². The number of hydrogen-bond donors (Lipinski definition) is 0. The molecule has 0 saturated carbocycles. The lowest BCUT2D eigenvalue weighted by Gasteiger charge is -2.24. The molecule has 4 atom stereocenters. The zero-order valence-corrected chi connectivity index (χ0v) is 18.0. The summed E-state index contributed by atoms with van der Waals surface area (Å²) < 4.78 is 24.4. The Kier molecular flexibility index (Phi) is 8.58. The summed E-state index contributed by atoms with van der Waals surface area (Å²) >= 11 is 0. The zero-order valence-electron chi connectivity index (χ0n) is 18.0. The van der Waals surface area contributed by atoms with Gasteiger partial charge in [-0.1, -0.05) is 60.7 Å². The van der Waals surface area contributed by atoms with Crippen molar-refractivity contribution in [2.24, 2.45) is 5.92 Å². The number of hydrogen-bond acceptors (Lipinski definition) is 5. The minimum atomic E-state index is -0.486. The molecule has 0 N–H and O–H groups in total. The molecule has 30 heavy (non-hydrogen) atoms. The molecule has 5 nitrogen and oxygen atoms in total. The molecule has 2 aromatic rings. The second-order valence-corrected chi connectivity index (χ2v) is 8.06. The molecule has 0 radical (unpaired) electrons. The van der Waals surface area contributed by atoms with E-state index in [0.29, 0.717) is 26.2 Å². The Morgan fingerprint density at radius 2 is 1.57 bits per heavy atom. The normalized spacial score (nSPS) is 23.7. The van der Waals surface area contributed by atoms with Gasteiger partial charge in [0.25, 0.3) is 0 Å². The molecule has 162 valence electrons. The van der Waals surface area contributed by atoms with E-state index in [1.54, 1.807) is 6.92 Å². The third-order valence-corrected chi connectivity index (χ3v) is 5.06. The average Bonchev–Trinajstić information content (AvgIpc) is 3.03. The molecule has 0 aromatic heterocycles. The summed E-state index contributed by atoms with van der Waals surface area (Å²) in [6.07, 6.45) is -0.728. The van der Waals surface area contributed by atoms with Crippen molar-refractivity contribution in [3.63, 3.8) is 0 Å². The maximum absolute atomic E-state index is 12.0. The zero-order chi connectivity index (χ0) is 21.3. The molecule has 0 amide bonds. The second kappa shape index (κ2) is 11.4. The van der Waals surface area contributed by atoms with Crippen molar-refractivity contribution in [3.05, 3.63) is 71.8 Å². The van der Waals surface area contributed by atoms with Crippen molar-refractivity contribution in [2.45, 2.75) is 65.0 Å². The Bertz CT molecular complexity index is 762. The number of ketones is 1. The number of ether oxygens (including phenoxy) is 4. The van der Waals surface area contributed by atoms with Crippen LogP contribution in [0.1, 0.15) is 38.3 Å². The summed E-state index contributed by atoms with van der Waals surface area (Å²) in [4.78, 5) is 12.0. The van der Waals surface area contributed by atoms with Crippen LogP contribution in [0.15, 0.2) is 60.7 Å². The van der Waals surface area contributed by atoms with Crippen LogP contribution in [0.5, 0.6) is 0 Å². The van der Waals surface area contributed by atoms with Crippen LogP contribution < -0.4 is 0 Å². The Labute approximate surface area is 179 Å². The number of benzene rings is 2. The lowest BCUT2D eigenvalue weighted by atomic mass is 9.95. The minimum Gasteiger partial charge on any atom is -0.374 e. The van der Waals surface area contributed by atoms with Crippen LogP contribution in [0.3, 0.4) is 0 Å². The molecule has 0 unspecified atom stereocenters. The lowest BCUT2D eigenvalue weighted by Crippen LogP contribution is -2.35. The van der Waals surface area contributed by atoms with E-state index < -0.39 is 6.29 Å². The van der Waals surface area contributed by atoms with Gasteiger partial charge in [0.15, 0.2) is 6.29 Å². The number of rotatable bonds is 11. The van der Waals surface area contributed by atoms with E-state index in [1.165, 1.54) is 0 Å². The molecule has 1 saturated heterocycles. The predicted octanol–water partition coefficient (Wildman–Crippen LogP) is 4.53. The highest BCUT2D eigenvalue weighted by Gasteiger charge is 2.46. The van der Waals surface area contributed by atoms with Gasteiger partial charge in [-0.15, -0.1) is 0 Å². The van der Waals surface area contributed by atoms with Crippen molar-refractivity contribution >= 4 is 5.78 Å². The van der Waals surface area contributed by atoms with E-state index >= 15 is 0 Å². The van der Waals surface area contributed by atoms with Crippen LogP contribution in [0, 0.1) is 5.92 Å². The quantitative estimate of drug-likeness (QED) is 0.543. The van der Waals surface area contributed by atoms with E-state index in [0.717, 1.165) is 11.1 Å². The molecule has 3 rings (SSSR count). The van der Waals surface area contributed by atoms with Gasteiger partial charge >= 0.3 is 0 Å².